The highest BCUT2D eigenvalue weighted by Gasteiger charge is 2.18. The van der Waals surface area contributed by atoms with Crippen molar-refractivity contribution < 1.29 is 14.7 Å². The van der Waals surface area contributed by atoms with Crippen LogP contribution in [0.3, 0.4) is 0 Å². The minimum atomic E-state index is -0.655. The van der Waals surface area contributed by atoms with E-state index < -0.39 is 5.97 Å². The number of tetrazole rings is 1. The number of thiophene rings is 1. The molecule has 100 valence electrons. The third kappa shape index (κ3) is 3.13. The average Bonchev–Trinajstić information content (AvgIpc) is 3.03. The predicted octanol–water partition coefficient (Wildman–Crippen LogP) is 0.524. The molecule has 2 aromatic rings. The Kier molecular flexibility index (Phi) is 4.18. The highest BCUT2D eigenvalue weighted by atomic mass is 32.1. The first-order chi connectivity index (χ1) is 9.24. The van der Waals surface area contributed by atoms with Crippen molar-refractivity contribution in [3.8, 4) is 0 Å². The van der Waals surface area contributed by atoms with Crippen molar-refractivity contribution in [3.63, 3.8) is 0 Å². The summed E-state index contributed by atoms with van der Waals surface area (Å²) in [6.07, 6.45) is 1.34. The lowest BCUT2D eigenvalue weighted by Crippen LogP contribution is -2.17. The number of carbonyl (C=O) groups is 1. The highest BCUT2D eigenvalue weighted by molar-refractivity contribution is 7.14. The van der Waals surface area contributed by atoms with Crippen molar-refractivity contribution in [2.75, 3.05) is 6.61 Å². The molecule has 0 bridgehead atoms. The molecule has 0 spiro atoms. The van der Waals surface area contributed by atoms with E-state index in [1.165, 1.54) is 22.5 Å². The monoisotopic (exact) mass is 281 g/mol. The molecular formula is C10H11N5O3S. The van der Waals surface area contributed by atoms with Gasteiger partial charge in [-0.1, -0.05) is 5.16 Å². The maximum Gasteiger partial charge on any atom is 0.361 e. The summed E-state index contributed by atoms with van der Waals surface area (Å²) in [6.45, 7) is 2.34. The average molecular weight is 281 g/mol. The first kappa shape index (κ1) is 13.1. The van der Waals surface area contributed by atoms with Gasteiger partial charge in [-0.15, -0.1) is 21.5 Å². The number of hydrogen-bond acceptors (Lipinski definition) is 8. The van der Waals surface area contributed by atoms with Gasteiger partial charge in [0.2, 0.25) is 5.71 Å². The molecule has 2 aromatic heterocycles. The molecule has 0 unspecified atom stereocenters. The summed E-state index contributed by atoms with van der Waals surface area (Å²) in [6, 6.07) is 3.48. The summed E-state index contributed by atoms with van der Waals surface area (Å²) in [5, 5.41) is 23.1. The van der Waals surface area contributed by atoms with E-state index in [1.807, 2.05) is 0 Å². The molecule has 0 aliphatic rings. The van der Waals surface area contributed by atoms with Gasteiger partial charge in [0.05, 0.1) is 18.0 Å². The van der Waals surface area contributed by atoms with Crippen LogP contribution in [0.25, 0.3) is 0 Å². The van der Waals surface area contributed by atoms with Crippen LogP contribution in [0.4, 0.5) is 0 Å². The van der Waals surface area contributed by atoms with Gasteiger partial charge in [-0.05, 0) is 24.3 Å². The number of rotatable bonds is 5. The van der Waals surface area contributed by atoms with Crippen LogP contribution in [0, 0.1) is 0 Å². The van der Waals surface area contributed by atoms with Crippen molar-refractivity contribution >= 4 is 23.0 Å². The van der Waals surface area contributed by atoms with Gasteiger partial charge in [-0.2, -0.15) is 4.80 Å². The zero-order valence-electron chi connectivity index (χ0n) is 10.1. The molecule has 1 N–H and O–H groups in total. The highest BCUT2D eigenvalue weighted by Crippen LogP contribution is 2.18. The van der Waals surface area contributed by atoms with Gasteiger partial charge in [0.25, 0.3) is 0 Å². The van der Waals surface area contributed by atoms with Crippen molar-refractivity contribution in [1.82, 2.24) is 20.2 Å². The number of ether oxygens (including phenoxy) is 1. The van der Waals surface area contributed by atoms with E-state index in [9.17, 15) is 4.79 Å². The Labute approximate surface area is 112 Å². The molecule has 0 fully saturated rings. The lowest BCUT2D eigenvalue weighted by molar-refractivity contribution is -0.135. The number of oxime groups is 1. The SMILES string of the molecule is CCOC(=O)C(=NO)c1ccc(Cn2ncnn2)s1. The molecule has 0 atom stereocenters. The topological polar surface area (TPSA) is 102 Å². The Morgan fingerprint density at radius 1 is 1.58 bits per heavy atom. The number of hydrogen-bond donors (Lipinski definition) is 1. The van der Waals surface area contributed by atoms with E-state index in [0.717, 1.165) is 4.88 Å². The van der Waals surface area contributed by atoms with Gasteiger partial charge in [0.15, 0.2) is 6.33 Å². The molecule has 0 radical (unpaired) electrons. The van der Waals surface area contributed by atoms with Crippen LogP contribution in [0.5, 0.6) is 0 Å². The fourth-order valence-electron chi connectivity index (χ4n) is 1.38. The lowest BCUT2D eigenvalue weighted by atomic mass is 10.3. The maximum absolute atomic E-state index is 11.6. The Balaban J connectivity index is 2.13. The Morgan fingerprint density at radius 2 is 2.42 bits per heavy atom. The quantitative estimate of drug-likeness (QED) is 0.371. The largest absolute Gasteiger partial charge is 0.461 e. The fourth-order valence-corrected chi connectivity index (χ4v) is 2.34. The number of nitrogens with zero attached hydrogens (tertiary/aromatic N) is 5. The van der Waals surface area contributed by atoms with Crippen molar-refractivity contribution in [2.45, 2.75) is 13.5 Å². The number of esters is 1. The molecule has 0 saturated heterocycles. The van der Waals surface area contributed by atoms with Gasteiger partial charge < -0.3 is 9.94 Å². The summed E-state index contributed by atoms with van der Waals surface area (Å²) in [7, 11) is 0. The van der Waals surface area contributed by atoms with Gasteiger partial charge in [0, 0.05) is 4.88 Å². The standard InChI is InChI=1S/C10H11N5O3S/c1-2-18-10(16)9(13-17)8-4-3-7(19-8)5-15-12-6-11-14-15/h3-4,6,17H,2,5H2,1H3. The second kappa shape index (κ2) is 6.05. The van der Waals surface area contributed by atoms with E-state index in [4.69, 9.17) is 9.94 Å². The van der Waals surface area contributed by atoms with Crippen LogP contribution in [-0.2, 0) is 16.1 Å². The van der Waals surface area contributed by atoms with Crippen LogP contribution >= 0.6 is 11.3 Å². The Hall–Kier alpha value is -2.29. The Bertz CT molecular complexity index is 578. The van der Waals surface area contributed by atoms with Crippen molar-refractivity contribution in [1.29, 1.82) is 0 Å². The van der Waals surface area contributed by atoms with Gasteiger partial charge >= 0.3 is 5.97 Å². The molecular weight excluding hydrogens is 270 g/mol. The summed E-state index contributed by atoms with van der Waals surface area (Å²) in [5.41, 5.74) is -0.107. The van der Waals surface area contributed by atoms with Crippen molar-refractivity contribution in [3.05, 3.63) is 28.2 Å². The van der Waals surface area contributed by atoms with E-state index in [2.05, 4.69) is 20.6 Å². The molecule has 19 heavy (non-hydrogen) atoms. The fraction of sp³-hybridized carbons (Fsp3) is 0.300. The first-order valence-corrected chi connectivity index (χ1v) is 6.25. The third-order valence-corrected chi connectivity index (χ3v) is 3.23. The molecule has 2 heterocycles. The molecule has 0 aliphatic heterocycles. The molecule has 2 rings (SSSR count). The molecule has 0 aliphatic carbocycles. The van der Waals surface area contributed by atoms with Gasteiger partial charge in [-0.25, -0.2) is 4.79 Å². The minimum Gasteiger partial charge on any atom is -0.461 e. The zero-order chi connectivity index (χ0) is 13.7. The normalized spacial score (nSPS) is 11.5. The smallest absolute Gasteiger partial charge is 0.361 e. The number of aromatic nitrogens is 4. The van der Waals surface area contributed by atoms with E-state index >= 15 is 0 Å². The second-order valence-electron chi connectivity index (χ2n) is 3.40. The first-order valence-electron chi connectivity index (χ1n) is 5.43. The third-order valence-electron chi connectivity index (χ3n) is 2.15. The van der Waals surface area contributed by atoms with E-state index in [0.29, 0.717) is 11.4 Å². The summed E-state index contributed by atoms with van der Waals surface area (Å²) < 4.78 is 4.80. The summed E-state index contributed by atoms with van der Waals surface area (Å²) >= 11 is 1.30. The summed E-state index contributed by atoms with van der Waals surface area (Å²) in [4.78, 5) is 14.4. The van der Waals surface area contributed by atoms with Crippen LogP contribution < -0.4 is 0 Å². The minimum absolute atomic E-state index is 0.107. The predicted molar refractivity (Wildman–Crippen MR) is 66.2 cm³/mol. The van der Waals surface area contributed by atoms with Gasteiger partial charge in [0.1, 0.15) is 0 Å². The van der Waals surface area contributed by atoms with Crippen LogP contribution in [0.15, 0.2) is 23.6 Å². The molecule has 9 heteroatoms. The number of carbonyl (C=O) groups excluding carboxylic acids is 1. The second-order valence-corrected chi connectivity index (χ2v) is 4.57. The molecule has 8 nitrogen and oxygen atoms in total. The zero-order valence-corrected chi connectivity index (χ0v) is 10.9. The molecule has 0 aromatic carbocycles. The molecule has 0 amide bonds. The maximum atomic E-state index is 11.6. The summed E-state index contributed by atoms with van der Waals surface area (Å²) in [5.74, 6) is -0.655. The van der Waals surface area contributed by atoms with E-state index in [-0.39, 0.29) is 12.3 Å². The van der Waals surface area contributed by atoms with Crippen LogP contribution in [-0.4, -0.2) is 43.7 Å². The van der Waals surface area contributed by atoms with Gasteiger partial charge in [-0.3, -0.25) is 0 Å². The van der Waals surface area contributed by atoms with Crippen LogP contribution in [0.1, 0.15) is 16.7 Å². The van der Waals surface area contributed by atoms with Crippen molar-refractivity contribution in [2.24, 2.45) is 5.16 Å². The Morgan fingerprint density at radius 3 is 3.05 bits per heavy atom. The lowest BCUT2D eigenvalue weighted by Gasteiger charge is -2.01. The van der Waals surface area contributed by atoms with E-state index in [1.54, 1.807) is 19.1 Å². The molecule has 0 saturated carbocycles. The van der Waals surface area contributed by atoms with Crippen LogP contribution in [0.2, 0.25) is 0 Å².